The average molecular weight is 238 g/mol. The molecule has 0 aromatic carbocycles. The molecule has 1 aromatic heterocycles. The van der Waals surface area contributed by atoms with Crippen LogP contribution in [0.15, 0.2) is 29.3 Å². The molecule has 90 valence electrons. The molecular weight excluding hydrogens is 227 g/mol. The van der Waals surface area contributed by atoms with Gasteiger partial charge in [-0.05, 0) is 26.0 Å². The number of carboxylic acid groups (broad SMARTS) is 1. The fraction of sp³-hybridized carbons (Fsp3) is 0.182. The van der Waals surface area contributed by atoms with Crippen molar-refractivity contribution in [2.24, 2.45) is 0 Å². The summed E-state index contributed by atoms with van der Waals surface area (Å²) >= 11 is 0. The van der Waals surface area contributed by atoms with Crippen molar-refractivity contribution in [1.29, 1.82) is 0 Å². The van der Waals surface area contributed by atoms with Gasteiger partial charge in [0.1, 0.15) is 5.82 Å². The van der Waals surface area contributed by atoms with E-state index in [0.29, 0.717) is 0 Å². The van der Waals surface area contributed by atoms with Gasteiger partial charge in [0.15, 0.2) is 0 Å². The fourth-order valence-corrected chi connectivity index (χ4v) is 1.02. The summed E-state index contributed by atoms with van der Waals surface area (Å²) in [4.78, 5) is 25.6. The Balaban J connectivity index is 2.87. The van der Waals surface area contributed by atoms with Crippen LogP contribution in [0.4, 0.5) is 10.2 Å². The SMILES string of the molecule is C/C(C(=O)O)=C(/C)C(=O)Nc1cccc(F)n1. The number of halogens is 1. The number of hydrogen-bond acceptors (Lipinski definition) is 3. The van der Waals surface area contributed by atoms with Gasteiger partial charge in [0.05, 0.1) is 0 Å². The number of hydrogen-bond donors (Lipinski definition) is 2. The molecule has 0 bridgehead atoms. The number of nitrogens with zero attached hydrogens (tertiary/aromatic N) is 1. The lowest BCUT2D eigenvalue weighted by atomic mass is 10.1. The second kappa shape index (κ2) is 5.20. The summed E-state index contributed by atoms with van der Waals surface area (Å²) in [7, 11) is 0. The molecule has 1 aromatic rings. The molecule has 1 heterocycles. The first-order valence-corrected chi connectivity index (χ1v) is 4.76. The number of carbonyl (C=O) groups is 2. The molecule has 1 rings (SSSR count). The van der Waals surface area contributed by atoms with E-state index < -0.39 is 17.8 Å². The third-order valence-electron chi connectivity index (χ3n) is 2.18. The van der Waals surface area contributed by atoms with Crippen molar-refractivity contribution < 1.29 is 19.1 Å². The van der Waals surface area contributed by atoms with Crippen LogP contribution in [0.3, 0.4) is 0 Å². The van der Waals surface area contributed by atoms with Gasteiger partial charge in [-0.1, -0.05) is 6.07 Å². The van der Waals surface area contributed by atoms with E-state index in [9.17, 15) is 14.0 Å². The van der Waals surface area contributed by atoms with E-state index in [4.69, 9.17) is 5.11 Å². The minimum absolute atomic E-state index is 0.0348. The molecule has 0 aliphatic heterocycles. The molecule has 0 unspecified atom stereocenters. The van der Waals surface area contributed by atoms with Gasteiger partial charge in [-0.3, -0.25) is 4.79 Å². The van der Waals surface area contributed by atoms with Crippen LogP contribution < -0.4 is 5.32 Å². The van der Waals surface area contributed by atoms with Crippen molar-refractivity contribution in [1.82, 2.24) is 4.98 Å². The van der Waals surface area contributed by atoms with Crippen molar-refractivity contribution in [2.45, 2.75) is 13.8 Å². The molecule has 0 aliphatic carbocycles. The molecule has 6 heteroatoms. The van der Waals surface area contributed by atoms with Crippen LogP contribution in [-0.4, -0.2) is 22.0 Å². The lowest BCUT2D eigenvalue weighted by molar-refractivity contribution is -0.133. The molecule has 2 N–H and O–H groups in total. The van der Waals surface area contributed by atoms with E-state index in [-0.39, 0.29) is 17.0 Å². The van der Waals surface area contributed by atoms with Crippen molar-refractivity contribution in [2.75, 3.05) is 5.32 Å². The van der Waals surface area contributed by atoms with Gasteiger partial charge in [-0.15, -0.1) is 0 Å². The molecule has 0 atom stereocenters. The van der Waals surface area contributed by atoms with Crippen LogP contribution in [0.1, 0.15) is 13.8 Å². The number of anilines is 1. The number of amides is 1. The number of aliphatic carboxylic acids is 1. The van der Waals surface area contributed by atoms with Crippen LogP contribution in [0, 0.1) is 5.95 Å². The molecule has 0 fully saturated rings. The molecule has 1 amide bonds. The Hall–Kier alpha value is -2.24. The Morgan fingerprint density at radius 1 is 1.29 bits per heavy atom. The summed E-state index contributed by atoms with van der Waals surface area (Å²) in [6.07, 6.45) is 0. The van der Waals surface area contributed by atoms with Crippen LogP contribution in [-0.2, 0) is 9.59 Å². The summed E-state index contributed by atoms with van der Waals surface area (Å²) in [6.45, 7) is 2.69. The van der Waals surface area contributed by atoms with Gasteiger partial charge in [0.2, 0.25) is 5.95 Å². The Labute approximate surface area is 97.0 Å². The highest BCUT2D eigenvalue weighted by atomic mass is 19.1. The minimum atomic E-state index is -1.18. The van der Waals surface area contributed by atoms with Crippen LogP contribution in [0.25, 0.3) is 0 Å². The lowest BCUT2D eigenvalue weighted by Gasteiger charge is -2.05. The van der Waals surface area contributed by atoms with E-state index >= 15 is 0 Å². The van der Waals surface area contributed by atoms with Gasteiger partial charge in [-0.25, -0.2) is 9.78 Å². The number of carbonyl (C=O) groups excluding carboxylic acids is 1. The summed E-state index contributed by atoms with van der Waals surface area (Å²) in [5.41, 5.74) is -0.0255. The molecule has 0 saturated heterocycles. The first-order chi connectivity index (χ1) is 7.91. The second-order valence-electron chi connectivity index (χ2n) is 3.35. The highest BCUT2D eigenvalue weighted by molar-refractivity contribution is 6.07. The van der Waals surface area contributed by atoms with E-state index in [0.717, 1.165) is 6.07 Å². The zero-order valence-corrected chi connectivity index (χ0v) is 9.32. The summed E-state index contributed by atoms with van der Waals surface area (Å²) < 4.78 is 12.7. The topological polar surface area (TPSA) is 79.3 Å². The number of rotatable bonds is 3. The maximum Gasteiger partial charge on any atom is 0.331 e. The fourth-order valence-electron chi connectivity index (χ4n) is 1.02. The number of nitrogens with one attached hydrogen (secondary N) is 1. The van der Waals surface area contributed by atoms with Crippen LogP contribution >= 0.6 is 0 Å². The Bertz CT molecular complexity index is 497. The normalized spacial score (nSPS) is 11.7. The zero-order valence-electron chi connectivity index (χ0n) is 9.32. The van der Waals surface area contributed by atoms with Crippen molar-refractivity contribution in [3.63, 3.8) is 0 Å². The Morgan fingerprint density at radius 3 is 2.47 bits per heavy atom. The number of pyridine rings is 1. The molecule has 0 saturated carbocycles. The smallest absolute Gasteiger partial charge is 0.331 e. The number of aromatic nitrogens is 1. The molecular formula is C11H11FN2O3. The molecule has 17 heavy (non-hydrogen) atoms. The lowest BCUT2D eigenvalue weighted by Crippen LogP contribution is -2.17. The van der Waals surface area contributed by atoms with Crippen molar-refractivity contribution >= 4 is 17.7 Å². The standard InChI is InChI=1S/C11H11FN2O3/c1-6(7(2)11(16)17)10(15)14-9-5-3-4-8(12)13-9/h3-5H,1-2H3,(H,16,17)(H,13,14,15)/b7-6+. The van der Waals surface area contributed by atoms with E-state index in [1.807, 2.05) is 0 Å². The van der Waals surface area contributed by atoms with Crippen LogP contribution in [0.5, 0.6) is 0 Å². The van der Waals surface area contributed by atoms with Gasteiger partial charge < -0.3 is 10.4 Å². The Morgan fingerprint density at radius 2 is 1.94 bits per heavy atom. The molecule has 0 spiro atoms. The quantitative estimate of drug-likeness (QED) is 0.619. The predicted octanol–water partition coefficient (Wildman–Crippen LogP) is 1.58. The van der Waals surface area contributed by atoms with Gasteiger partial charge in [-0.2, -0.15) is 4.39 Å². The van der Waals surface area contributed by atoms with Gasteiger partial charge in [0.25, 0.3) is 5.91 Å². The monoisotopic (exact) mass is 238 g/mol. The first-order valence-electron chi connectivity index (χ1n) is 4.76. The second-order valence-corrected chi connectivity index (χ2v) is 3.35. The minimum Gasteiger partial charge on any atom is -0.478 e. The van der Waals surface area contributed by atoms with E-state index in [1.165, 1.54) is 26.0 Å². The van der Waals surface area contributed by atoms with Gasteiger partial charge in [0, 0.05) is 11.1 Å². The van der Waals surface area contributed by atoms with Gasteiger partial charge >= 0.3 is 5.97 Å². The largest absolute Gasteiger partial charge is 0.478 e. The maximum atomic E-state index is 12.7. The highest BCUT2D eigenvalue weighted by Gasteiger charge is 2.13. The summed E-state index contributed by atoms with van der Waals surface area (Å²) in [6, 6.07) is 3.94. The Kier molecular flexibility index (Phi) is 3.92. The maximum absolute atomic E-state index is 12.7. The van der Waals surface area contributed by atoms with Crippen molar-refractivity contribution in [3.05, 3.63) is 35.3 Å². The highest BCUT2D eigenvalue weighted by Crippen LogP contribution is 2.09. The molecule has 0 radical (unpaired) electrons. The zero-order chi connectivity index (χ0) is 13.0. The summed E-state index contributed by atoms with van der Waals surface area (Å²) in [5, 5.41) is 11.0. The average Bonchev–Trinajstić information content (AvgIpc) is 2.26. The van der Waals surface area contributed by atoms with E-state index in [2.05, 4.69) is 10.3 Å². The first kappa shape index (κ1) is 12.8. The molecule has 0 aliphatic rings. The third kappa shape index (κ3) is 3.37. The predicted molar refractivity (Wildman–Crippen MR) is 58.8 cm³/mol. The van der Waals surface area contributed by atoms with Crippen LogP contribution in [0.2, 0.25) is 0 Å². The summed E-state index contributed by atoms with van der Waals surface area (Å²) in [5.74, 6) is -2.49. The van der Waals surface area contributed by atoms with Crippen molar-refractivity contribution in [3.8, 4) is 0 Å². The third-order valence-corrected chi connectivity index (χ3v) is 2.18. The number of carboxylic acids is 1. The van der Waals surface area contributed by atoms with E-state index in [1.54, 1.807) is 0 Å². The molecule has 5 nitrogen and oxygen atoms in total.